The van der Waals surface area contributed by atoms with E-state index in [0.717, 1.165) is 0 Å². The molecule has 0 aromatic heterocycles. The van der Waals surface area contributed by atoms with Crippen LogP contribution in [-0.4, -0.2) is 23.0 Å². The molecule has 1 heterocycles. The average Bonchev–Trinajstić information content (AvgIpc) is 3.17. The number of hydroxylamine groups is 1. The molecule has 0 radical (unpaired) electrons. The van der Waals surface area contributed by atoms with E-state index in [2.05, 4.69) is 5.32 Å². The van der Waals surface area contributed by atoms with Gasteiger partial charge in [-0.1, -0.05) is 66.7 Å². The number of fused-ring (bicyclic) bond motifs is 1. The molecular weight excluding hydrogens is 456 g/mol. The van der Waals surface area contributed by atoms with Crippen molar-refractivity contribution < 1.29 is 24.3 Å². The Kier molecular flexibility index (Phi) is 6.13. The monoisotopic (exact) mass is 476 g/mol. The molecule has 4 aromatic rings. The predicted octanol–water partition coefficient (Wildman–Crippen LogP) is 5.40. The third kappa shape index (κ3) is 4.38. The maximum Gasteiger partial charge on any atom is 0.343 e. The molecule has 0 saturated heterocycles. The summed E-state index contributed by atoms with van der Waals surface area (Å²) in [7, 11) is 0. The third-order valence-electron chi connectivity index (χ3n) is 5.66. The lowest BCUT2D eigenvalue weighted by Crippen LogP contribution is -2.22. The summed E-state index contributed by atoms with van der Waals surface area (Å²) >= 11 is 0. The molecule has 1 aliphatic rings. The summed E-state index contributed by atoms with van der Waals surface area (Å²) in [5, 5.41) is 13.9. The van der Waals surface area contributed by atoms with E-state index in [-0.39, 0.29) is 22.9 Å². The number of rotatable bonds is 5. The predicted molar refractivity (Wildman–Crippen MR) is 135 cm³/mol. The summed E-state index contributed by atoms with van der Waals surface area (Å²) in [6, 6.07) is 30.5. The number of amides is 2. The summed E-state index contributed by atoms with van der Waals surface area (Å²) in [5.41, 5.74) is 2.21. The zero-order valence-corrected chi connectivity index (χ0v) is 18.9. The number of hydrogen-bond acceptors (Lipinski definition) is 5. The lowest BCUT2D eigenvalue weighted by Gasteiger charge is -2.12. The van der Waals surface area contributed by atoms with Gasteiger partial charge >= 0.3 is 5.97 Å². The topological polar surface area (TPSA) is 95.9 Å². The Bertz CT molecular complexity index is 1480. The van der Waals surface area contributed by atoms with Crippen LogP contribution in [0.15, 0.2) is 109 Å². The standard InChI is InChI=1S/C29H20N2O5/c32-27(20-12-6-2-7-13-20)30-22-16-17-23-24(18-22)31(35)28(33)25(23)26(19-10-4-1-5-11-19)36-29(34)21-14-8-3-9-15-21/h1-18,35H,(H,30,32)/b26-25-. The first-order valence-corrected chi connectivity index (χ1v) is 11.1. The van der Waals surface area contributed by atoms with E-state index in [9.17, 15) is 19.6 Å². The largest absolute Gasteiger partial charge is 0.421 e. The highest BCUT2D eigenvalue weighted by atomic mass is 16.5. The van der Waals surface area contributed by atoms with Crippen LogP contribution in [0.3, 0.4) is 0 Å². The van der Waals surface area contributed by atoms with E-state index in [4.69, 9.17) is 4.74 Å². The second-order valence-electron chi connectivity index (χ2n) is 7.99. The Hall–Kier alpha value is -5.01. The number of esters is 1. The molecule has 2 N–H and O–H groups in total. The molecule has 36 heavy (non-hydrogen) atoms. The normalized spacial score (nSPS) is 13.7. The number of carbonyl (C=O) groups excluding carboxylic acids is 3. The smallest absolute Gasteiger partial charge is 0.343 e. The van der Waals surface area contributed by atoms with Crippen molar-refractivity contribution in [2.45, 2.75) is 0 Å². The molecule has 176 valence electrons. The molecule has 0 aliphatic carbocycles. The van der Waals surface area contributed by atoms with Gasteiger partial charge in [-0.2, -0.15) is 5.06 Å². The van der Waals surface area contributed by atoms with Gasteiger partial charge in [-0.15, -0.1) is 0 Å². The van der Waals surface area contributed by atoms with Crippen molar-refractivity contribution in [3.05, 3.63) is 131 Å². The second kappa shape index (κ2) is 9.69. The molecule has 4 aromatic carbocycles. The third-order valence-corrected chi connectivity index (χ3v) is 5.66. The van der Waals surface area contributed by atoms with Crippen LogP contribution in [-0.2, 0) is 9.53 Å². The molecule has 0 bridgehead atoms. The summed E-state index contributed by atoms with van der Waals surface area (Å²) in [6.45, 7) is 0. The summed E-state index contributed by atoms with van der Waals surface area (Å²) in [6.07, 6.45) is 0. The Morgan fingerprint density at radius 1 is 0.722 bits per heavy atom. The lowest BCUT2D eigenvalue weighted by atomic mass is 10.0. The first-order chi connectivity index (χ1) is 17.5. The molecule has 0 saturated carbocycles. The molecule has 7 heteroatoms. The Morgan fingerprint density at radius 2 is 1.28 bits per heavy atom. The molecule has 0 fully saturated rings. The minimum Gasteiger partial charge on any atom is -0.421 e. The van der Waals surface area contributed by atoms with Gasteiger partial charge in [-0.3, -0.25) is 14.8 Å². The van der Waals surface area contributed by atoms with Crippen LogP contribution < -0.4 is 10.4 Å². The van der Waals surface area contributed by atoms with Gasteiger partial charge in [-0.25, -0.2) is 4.79 Å². The van der Waals surface area contributed by atoms with Gasteiger partial charge in [0.05, 0.1) is 16.8 Å². The van der Waals surface area contributed by atoms with Crippen molar-refractivity contribution in [1.82, 2.24) is 0 Å². The first kappa shape index (κ1) is 22.8. The summed E-state index contributed by atoms with van der Waals surface area (Å²) in [4.78, 5) is 38.6. The van der Waals surface area contributed by atoms with Gasteiger partial charge in [0, 0.05) is 22.4 Å². The first-order valence-electron chi connectivity index (χ1n) is 11.1. The molecule has 0 spiro atoms. The maximum absolute atomic E-state index is 13.2. The highest BCUT2D eigenvalue weighted by molar-refractivity contribution is 6.36. The minimum absolute atomic E-state index is 0.0216. The van der Waals surface area contributed by atoms with E-state index < -0.39 is 11.9 Å². The van der Waals surface area contributed by atoms with Gasteiger partial charge in [0.1, 0.15) is 0 Å². The van der Waals surface area contributed by atoms with Crippen LogP contribution in [0.2, 0.25) is 0 Å². The Morgan fingerprint density at radius 3 is 1.89 bits per heavy atom. The molecule has 0 unspecified atom stereocenters. The lowest BCUT2D eigenvalue weighted by molar-refractivity contribution is -0.117. The van der Waals surface area contributed by atoms with Crippen LogP contribution in [0.1, 0.15) is 31.8 Å². The molecule has 7 nitrogen and oxygen atoms in total. The number of carbonyl (C=O) groups is 3. The van der Waals surface area contributed by atoms with E-state index >= 15 is 0 Å². The number of hydrogen-bond donors (Lipinski definition) is 2. The quantitative estimate of drug-likeness (QED) is 0.174. The van der Waals surface area contributed by atoms with Crippen LogP contribution in [0, 0.1) is 0 Å². The van der Waals surface area contributed by atoms with Crippen LogP contribution in [0.25, 0.3) is 11.3 Å². The van der Waals surface area contributed by atoms with Crippen LogP contribution in [0.4, 0.5) is 11.4 Å². The Balaban J connectivity index is 1.56. The number of nitrogens with zero attached hydrogens (tertiary/aromatic N) is 1. The van der Waals surface area contributed by atoms with Gasteiger partial charge in [-0.05, 0) is 42.5 Å². The SMILES string of the molecule is O=C(Nc1ccc2c(c1)N(O)C(=O)/C2=C(\OC(=O)c1ccccc1)c1ccccc1)c1ccccc1. The highest BCUT2D eigenvalue weighted by Crippen LogP contribution is 2.42. The molecular formula is C29H20N2O5. The van der Waals surface area contributed by atoms with Crippen LogP contribution >= 0.6 is 0 Å². The molecule has 1 aliphatic heterocycles. The number of benzene rings is 4. The van der Waals surface area contributed by atoms with E-state index in [0.29, 0.717) is 33.0 Å². The van der Waals surface area contributed by atoms with Gasteiger partial charge in [0.15, 0.2) is 5.76 Å². The second-order valence-corrected chi connectivity index (χ2v) is 7.99. The number of ether oxygens (including phenoxy) is 1. The highest BCUT2D eigenvalue weighted by Gasteiger charge is 2.36. The van der Waals surface area contributed by atoms with Gasteiger partial charge in [0.2, 0.25) is 0 Å². The zero-order chi connectivity index (χ0) is 25.1. The van der Waals surface area contributed by atoms with Crippen molar-refractivity contribution >= 4 is 40.5 Å². The van der Waals surface area contributed by atoms with E-state index in [1.807, 2.05) is 6.07 Å². The fraction of sp³-hybridized carbons (Fsp3) is 0. The van der Waals surface area contributed by atoms with Crippen molar-refractivity contribution in [2.75, 3.05) is 10.4 Å². The molecule has 0 atom stereocenters. The number of anilines is 2. The summed E-state index contributed by atoms with van der Waals surface area (Å²) < 4.78 is 5.75. The zero-order valence-electron chi connectivity index (χ0n) is 18.9. The molecule has 2 amide bonds. The van der Waals surface area contributed by atoms with Crippen molar-refractivity contribution in [3.8, 4) is 0 Å². The van der Waals surface area contributed by atoms with Crippen LogP contribution in [0.5, 0.6) is 0 Å². The summed E-state index contributed by atoms with van der Waals surface area (Å²) in [5.74, 6) is -1.70. The van der Waals surface area contributed by atoms with E-state index in [1.54, 1.807) is 97.1 Å². The average molecular weight is 476 g/mol. The maximum atomic E-state index is 13.2. The van der Waals surface area contributed by atoms with Gasteiger partial charge in [0.25, 0.3) is 11.8 Å². The fourth-order valence-electron chi connectivity index (χ4n) is 3.91. The number of nitrogens with one attached hydrogen (secondary N) is 1. The fourth-order valence-corrected chi connectivity index (χ4v) is 3.91. The molecule has 5 rings (SSSR count). The van der Waals surface area contributed by atoms with Gasteiger partial charge < -0.3 is 10.1 Å². The minimum atomic E-state index is -0.753. The van der Waals surface area contributed by atoms with E-state index in [1.165, 1.54) is 6.07 Å². The Labute approximate surface area is 206 Å². The van der Waals surface area contributed by atoms with Crippen molar-refractivity contribution in [2.24, 2.45) is 0 Å². The van der Waals surface area contributed by atoms with Crippen molar-refractivity contribution in [1.29, 1.82) is 0 Å². The van der Waals surface area contributed by atoms with Crippen molar-refractivity contribution in [3.63, 3.8) is 0 Å².